The normalized spacial score (nSPS) is 13.3. The molecule has 0 aliphatic heterocycles. The number of aliphatic hydroxyl groups is 2. The Labute approximate surface area is 120 Å². The number of esters is 1. The number of nitro groups is 1. The molecule has 1 aromatic carbocycles. The van der Waals surface area contributed by atoms with E-state index in [2.05, 4.69) is 4.74 Å². The number of aliphatic hydroxyl groups excluding tert-OH is 2. The predicted molar refractivity (Wildman–Crippen MR) is 70.7 cm³/mol. The van der Waals surface area contributed by atoms with E-state index in [0.717, 1.165) is 12.1 Å². The van der Waals surface area contributed by atoms with Gasteiger partial charge < -0.3 is 14.9 Å². The molecule has 2 N–H and O–H groups in total. The summed E-state index contributed by atoms with van der Waals surface area (Å²) in [6, 6.07) is 3.37. The van der Waals surface area contributed by atoms with E-state index in [-0.39, 0.29) is 24.0 Å². The summed E-state index contributed by atoms with van der Waals surface area (Å²) in [5.74, 6) is -0.679. The number of rotatable bonds is 7. The van der Waals surface area contributed by atoms with Gasteiger partial charge in [0.1, 0.15) is 6.10 Å². The maximum absolute atomic E-state index is 11.2. The van der Waals surface area contributed by atoms with E-state index in [4.69, 9.17) is 0 Å². The molecule has 0 amide bonds. The molecule has 0 radical (unpaired) electrons. The molecular weight excluding hydrogens is 282 g/mol. The number of aldehydes is 1. The molecule has 0 saturated heterocycles. The van der Waals surface area contributed by atoms with Crippen molar-refractivity contribution in [3.8, 4) is 0 Å². The highest BCUT2D eigenvalue weighted by molar-refractivity contribution is 5.81. The molecule has 0 fully saturated rings. The number of carbonyl (C=O) groups excluding carboxylic acids is 2. The Bertz CT molecular complexity index is 543. The van der Waals surface area contributed by atoms with E-state index >= 15 is 0 Å². The summed E-state index contributed by atoms with van der Waals surface area (Å²) in [5.41, 5.74) is -0.528. The van der Waals surface area contributed by atoms with Gasteiger partial charge in [0, 0.05) is 6.07 Å². The lowest BCUT2D eigenvalue weighted by molar-refractivity contribution is -0.385. The highest BCUT2D eigenvalue weighted by Crippen LogP contribution is 2.25. The third-order valence-corrected chi connectivity index (χ3v) is 2.76. The van der Waals surface area contributed by atoms with Crippen LogP contribution in [0, 0.1) is 10.1 Å². The van der Waals surface area contributed by atoms with Gasteiger partial charge in [-0.05, 0) is 24.6 Å². The van der Waals surface area contributed by atoms with Gasteiger partial charge in [-0.1, -0.05) is 0 Å². The molecule has 114 valence electrons. The fourth-order valence-corrected chi connectivity index (χ4v) is 1.74. The number of nitro benzene ring substituents is 1. The second kappa shape index (κ2) is 7.46. The minimum absolute atomic E-state index is 0.0968. The van der Waals surface area contributed by atoms with Crippen LogP contribution in [0.15, 0.2) is 18.2 Å². The molecule has 0 bridgehead atoms. The summed E-state index contributed by atoms with van der Waals surface area (Å²) < 4.78 is 4.64. The average Bonchev–Trinajstić information content (AvgIpc) is 2.45. The zero-order valence-corrected chi connectivity index (χ0v) is 11.3. The molecule has 1 aromatic rings. The van der Waals surface area contributed by atoms with E-state index in [1.165, 1.54) is 6.07 Å². The Kier molecular flexibility index (Phi) is 5.94. The van der Waals surface area contributed by atoms with Crippen LogP contribution in [-0.4, -0.2) is 40.1 Å². The summed E-state index contributed by atoms with van der Waals surface area (Å²) >= 11 is 0. The third-order valence-electron chi connectivity index (χ3n) is 2.76. The number of ether oxygens (including phenoxy) is 1. The summed E-state index contributed by atoms with van der Waals surface area (Å²) in [4.78, 5) is 32.0. The van der Waals surface area contributed by atoms with Crippen LogP contribution in [0.5, 0.6) is 0 Å². The number of nitrogens with zero attached hydrogens (tertiary/aromatic N) is 1. The molecule has 0 aliphatic carbocycles. The number of hydrogen-bond donors (Lipinski definition) is 2. The molecule has 0 aromatic heterocycles. The van der Waals surface area contributed by atoms with E-state index in [1.807, 2.05) is 0 Å². The first-order chi connectivity index (χ1) is 9.90. The van der Waals surface area contributed by atoms with Crippen molar-refractivity contribution in [1.29, 1.82) is 0 Å². The summed E-state index contributed by atoms with van der Waals surface area (Å²) in [7, 11) is 0. The molecule has 8 nitrogen and oxygen atoms in total. The van der Waals surface area contributed by atoms with Crippen LogP contribution in [0.25, 0.3) is 0 Å². The van der Waals surface area contributed by atoms with E-state index in [9.17, 15) is 29.9 Å². The average molecular weight is 297 g/mol. The Morgan fingerprint density at radius 3 is 2.67 bits per heavy atom. The van der Waals surface area contributed by atoms with Crippen molar-refractivity contribution in [3.05, 3.63) is 39.4 Å². The SMILES string of the molecule is CCOC(=O)CC(O)C(O)c1ccc([N+](=O)[O-])c(C=O)c1. The molecule has 8 heteroatoms. The van der Waals surface area contributed by atoms with Gasteiger partial charge in [0.15, 0.2) is 6.29 Å². The first kappa shape index (κ1) is 16.7. The Morgan fingerprint density at radius 1 is 1.48 bits per heavy atom. The Hall–Kier alpha value is -2.32. The lowest BCUT2D eigenvalue weighted by Crippen LogP contribution is -2.23. The van der Waals surface area contributed by atoms with Crippen LogP contribution in [0.1, 0.15) is 35.4 Å². The van der Waals surface area contributed by atoms with Gasteiger partial charge in [0.2, 0.25) is 0 Å². The largest absolute Gasteiger partial charge is 0.466 e. The minimum atomic E-state index is -1.46. The van der Waals surface area contributed by atoms with Gasteiger partial charge in [-0.15, -0.1) is 0 Å². The van der Waals surface area contributed by atoms with Gasteiger partial charge in [0.05, 0.1) is 29.6 Å². The van der Waals surface area contributed by atoms with Crippen molar-refractivity contribution in [2.24, 2.45) is 0 Å². The summed E-state index contributed by atoms with van der Waals surface area (Å²) in [6.07, 6.45) is -3.05. The molecule has 0 aliphatic rings. The van der Waals surface area contributed by atoms with Crippen LogP contribution < -0.4 is 0 Å². The van der Waals surface area contributed by atoms with E-state index < -0.39 is 35.2 Å². The number of benzene rings is 1. The standard InChI is InChI=1S/C13H15NO7/c1-2-21-12(17)6-11(16)13(18)8-3-4-10(14(19)20)9(5-8)7-15/h3-5,7,11,13,16,18H,2,6H2,1H3. The van der Waals surface area contributed by atoms with Gasteiger partial charge in [-0.3, -0.25) is 19.7 Å². The molecule has 0 heterocycles. The van der Waals surface area contributed by atoms with Crippen LogP contribution in [0.3, 0.4) is 0 Å². The third kappa shape index (κ3) is 4.33. The summed E-state index contributed by atoms with van der Waals surface area (Å²) in [6.45, 7) is 1.75. The second-order valence-electron chi connectivity index (χ2n) is 4.21. The zero-order chi connectivity index (χ0) is 16.0. The molecular formula is C13H15NO7. The van der Waals surface area contributed by atoms with Crippen LogP contribution >= 0.6 is 0 Å². The quantitative estimate of drug-likeness (QED) is 0.329. The number of carbonyl (C=O) groups is 2. The van der Waals surface area contributed by atoms with Crippen molar-refractivity contribution in [3.63, 3.8) is 0 Å². The lowest BCUT2D eigenvalue weighted by Gasteiger charge is -2.17. The first-order valence-corrected chi connectivity index (χ1v) is 6.16. The van der Waals surface area contributed by atoms with Gasteiger partial charge in [-0.25, -0.2) is 0 Å². The van der Waals surface area contributed by atoms with Crippen molar-refractivity contribution in [2.75, 3.05) is 6.61 Å². The maximum atomic E-state index is 11.2. The maximum Gasteiger partial charge on any atom is 0.308 e. The molecule has 1 rings (SSSR count). The second-order valence-corrected chi connectivity index (χ2v) is 4.21. The molecule has 0 spiro atoms. The Balaban J connectivity index is 2.92. The highest BCUT2D eigenvalue weighted by Gasteiger charge is 2.24. The monoisotopic (exact) mass is 297 g/mol. The van der Waals surface area contributed by atoms with E-state index in [0.29, 0.717) is 0 Å². The van der Waals surface area contributed by atoms with Crippen LogP contribution in [-0.2, 0) is 9.53 Å². The molecule has 0 saturated carbocycles. The first-order valence-electron chi connectivity index (χ1n) is 6.16. The van der Waals surface area contributed by atoms with Crippen molar-refractivity contribution in [1.82, 2.24) is 0 Å². The highest BCUT2D eigenvalue weighted by atomic mass is 16.6. The zero-order valence-electron chi connectivity index (χ0n) is 11.3. The molecule has 21 heavy (non-hydrogen) atoms. The minimum Gasteiger partial charge on any atom is -0.466 e. The number of hydrogen-bond acceptors (Lipinski definition) is 7. The van der Waals surface area contributed by atoms with Crippen molar-refractivity contribution in [2.45, 2.75) is 25.6 Å². The predicted octanol–water partition coefficient (Wildman–Crippen LogP) is 0.755. The van der Waals surface area contributed by atoms with Gasteiger partial charge >= 0.3 is 5.97 Å². The van der Waals surface area contributed by atoms with Gasteiger partial charge in [-0.2, -0.15) is 0 Å². The van der Waals surface area contributed by atoms with Crippen molar-refractivity contribution >= 4 is 17.9 Å². The summed E-state index contributed by atoms with van der Waals surface area (Å²) in [5, 5.41) is 30.3. The molecule has 2 unspecified atom stereocenters. The Morgan fingerprint density at radius 2 is 2.14 bits per heavy atom. The van der Waals surface area contributed by atoms with Crippen LogP contribution in [0.2, 0.25) is 0 Å². The molecule has 2 atom stereocenters. The van der Waals surface area contributed by atoms with E-state index in [1.54, 1.807) is 6.92 Å². The van der Waals surface area contributed by atoms with Crippen LogP contribution in [0.4, 0.5) is 5.69 Å². The topological polar surface area (TPSA) is 127 Å². The fourth-order valence-electron chi connectivity index (χ4n) is 1.74. The van der Waals surface area contributed by atoms with Gasteiger partial charge in [0.25, 0.3) is 5.69 Å². The lowest BCUT2D eigenvalue weighted by atomic mass is 9.99. The smallest absolute Gasteiger partial charge is 0.308 e. The van der Waals surface area contributed by atoms with Crippen molar-refractivity contribution < 1.29 is 29.5 Å². The fraction of sp³-hybridized carbons (Fsp3) is 0.385.